The van der Waals surface area contributed by atoms with E-state index in [1.807, 2.05) is 0 Å². The maximum Gasteiger partial charge on any atom is 0.0679 e. The minimum absolute atomic E-state index is 0.660. The zero-order valence-electron chi connectivity index (χ0n) is 8.83. The molecular weight excluding hydrogens is 174 g/mol. The van der Waals surface area contributed by atoms with Crippen molar-refractivity contribution in [3.63, 3.8) is 0 Å². The first-order valence-corrected chi connectivity index (χ1v) is 5.26. The molecule has 0 amide bonds. The van der Waals surface area contributed by atoms with Gasteiger partial charge in [0.1, 0.15) is 0 Å². The Kier molecular flexibility index (Phi) is 5.27. The molecule has 1 aromatic carbocycles. The van der Waals surface area contributed by atoms with Crippen LogP contribution in [0.15, 0.2) is 24.3 Å². The normalized spacial score (nSPS) is 10.4. The summed E-state index contributed by atoms with van der Waals surface area (Å²) in [7, 11) is 0. The molecule has 0 aliphatic carbocycles. The van der Waals surface area contributed by atoms with Crippen molar-refractivity contribution in [1.29, 1.82) is 0 Å². The lowest BCUT2D eigenvalue weighted by Crippen LogP contribution is -2.00. The van der Waals surface area contributed by atoms with Crippen molar-refractivity contribution < 1.29 is 4.84 Å². The summed E-state index contributed by atoms with van der Waals surface area (Å²) >= 11 is 0. The van der Waals surface area contributed by atoms with Gasteiger partial charge in [-0.1, -0.05) is 31.2 Å². The zero-order valence-corrected chi connectivity index (χ0v) is 8.83. The van der Waals surface area contributed by atoms with E-state index in [1.165, 1.54) is 11.1 Å². The largest absolute Gasteiger partial charge is 0.305 e. The molecule has 14 heavy (non-hydrogen) atoms. The highest BCUT2D eigenvalue weighted by Gasteiger charge is 1.94. The van der Waals surface area contributed by atoms with E-state index in [4.69, 9.17) is 5.90 Å². The molecule has 2 heteroatoms. The summed E-state index contributed by atoms with van der Waals surface area (Å²) in [5.41, 5.74) is 2.80. The van der Waals surface area contributed by atoms with Gasteiger partial charge in [0, 0.05) is 0 Å². The Morgan fingerprint density at radius 3 is 2.29 bits per heavy atom. The Balaban J connectivity index is 2.29. The van der Waals surface area contributed by atoms with Crippen LogP contribution < -0.4 is 5.90 Å². The fourth-order valence-electron chi connectivity index (χ4n) is 1.46. The molecule has 1 rings (SSSR count). The van der Waals surface area contributed by atoms with E-state index in [0.717, 1.165) is 25.7 Å². The third-order valence-electron chi connectivity index (χ3n) is 2.41. The van der Waals surface area contributed by atoms with E-state index in [2.05, 4.69) is 36.0 Å². The lowest BCUT2D eigenvalue weighted by molar-refractivity contribution is 0.134. The van der Waals surface area contributed by atoms with Crippen LogP contribution in [0, 0.1) is 0 Å². The van der Waals surface area contributed by atoms with Crippen LogP contribution in [0.5, 0.6) is 0 Å². The van der Waals surface area contributed by atoms with Crippen molar-refractivity contribution >= 4 is 0 Å². The molecule has 0 heterocycles. The lowest BCUT2D eigenvalue weighted by Gasteiger charge is -2.02. The highest BCUT2D eigenvalue weighted by molar-refractivity contribution is 5.22. The molecule has 0 aliphatic rings. The standard InChI is InChI=1S/C12H19NO/c1-2-11-6-8-12(9-7-11)5-3-4-10-14-13/h6-9H,2-5,10,13H2,1H3. The Hall–Kier alpha value is -0.860. The summed E-state index contributed by atoms with van der Waals surface area (Å²) in [6.45, 7) is 2.83. The quantitative estimate of drug-likeness (QED) is 0.556. The third kappa shape index (κ3) is 3.90. The summed E-state index contributed by atoms with van der Waals surface area (Å²) in [5, 5.41) is 0. The summed E-state index contributed by atoms with van der Waals surface area (Å²) in [6.07, 6.45) is 4.41. The third-order valence-corrected chi connectivity index (χ3v) is 2.41. The first kappa shape index (κ1) is 11.2. The predicted octanol–water partition coefficient (Wildman–Crippen LogP) is 2.46. The van der Waals surface area contributed by atoms with Crippen molar-refractivity contribution in [2.24, 2.45) is 5.90 Å². The maximum absolute atomic E-state index is 4.95. The van der Waals surface area contributed by atoms with Crippen LogP contribution in [0.3, 0.4) is 0 Å². The van der Waals surface area contributed by atoms with Gasteiger partial charge in [0.15, 0.2) is 0 Å². The van der Waals surface area contributed by atoms with Gasteiger partial charge in [0.25, 0.3) is 0 Å². The van der Waals surface area contributed by atoms with E-state index in [1.54, 1.807) is 0 Å². The first-order chi connectivity index (χ1) is 6.86. The molecule has 0 spiro atoms. The Labute approximate surface area is 86.0 Å². The van der Waals surface area contributed by atoms with Crippen molar-refractivity contribution in [2.45, 2.75) is 32.6 Å². The van der Waals surface area contributed by atoms with Crippen molar-refractivity contribution in [3.8, 4) is 0 Å². The fraction of sp³-hybridized carbons (Fsp3) is 0.500. The van der Waals surface area contributed by atoms with Crippen molar-refractivity contribution in [2.75, 3.05) is 6.61 Å². The van der Waals surface area contributed by atoms with Crippen LogP contribution in [0.2, 0.25) is 0 Å². The Morgan fingerprint density at radius 2 is 1.71 bits per heavy atom. The smallest absolute Gasteiger partial charge is 0.0679 e. The topological polar surface area (TPSA) is 35.2 Å². The molecule has 0 radical (unpaired) electrons. The molecule has 2 nitrogen and oxygen atoms in total. The van der Waals surface area contributed by atoms with Gasteiger partial charge in [-0.05, 0) is 36.8 Å². The van der Waals surface area contributed by atoms with Gasteiger partial charge in [0.2, 0.25) is 0 Å². The van der Waals surface area contributed by atoms with Crippen LogP contribution in [-0.2, 0) is 17.7 Å². The molecule has 0 fully saturated rings. The average molecular weight is 193 g/mol. The molecule has 0 saturated carbocycles. The van der Waals surface area contributed by atoms with Crippen LogP contribution in [0.4, 0.5) is 0 Å². The van der Waals surface area contributed by atoms with Crippen LogP contribution in [0.25, 0.3) is 0 Å². The molecule has 78 valence electrons. The fourth-order valence-corrected chi connectivity index (χ4v) is 1.46. The number of hydrogen-bond acceptors (Lipinski definition) is 2. The molecule has 0 bridgehead atoms. The number of unbranched alkanes of at least 4 members (excludes halogenated alkanes) is 1. The van der Waals surface area contributed by atoms with E-state index < -0.39 is 0 Å². The Morgan fingerprint density at radius 1 is 1.07 bits per heavy atom. The number of benzene rings is 1. The SMILES string of the molecule is CCc1ccc(CCCCON)cc1. The molecule has 0 atom stereocenters. The Bertz CT molecular complexity index is 243. The minimum Gasteiger partial charge on any atom is -0.305 e. The van der Waals surface area contributed by atoms with Gasteiger partial charge in [-0.2, -0.15) is 0 Å². The van der Waals surface area contributed by atoms with Gasteiger partial charge >= 0.3 is 0 Å². The average Bonchev–Trinajstić information content (AvgIpc) is 2.25. The van der Waals surface area contributed by atoms with Gasteiger partial charge < -0.3 is 4.84 Å². The van der Waals surface area contributed by atoms with Crippen LogP contribution in [0.1, 0.15) is 30.9 Å². The van der Waals surface area contributed by atoms with Gasteiger partial charge in [-0.25, -0.2) is 5.90 Å². The summed E-state index contributed by atoms with van der Waals surface area (Å²) in [5.74, 6) is 4.95. The minimum atomic E-state index is 0.660. The number of rotatable bonds is 6. The first-order valence-electron chi connectivity index (χ1n) is 5.26. The second-order valence-electron chi connectivity index (χ2n) is 3.50. The van der Waals surface area contributed by atoms with Gasteiger partial charge in [-0.3, -0.25) is 0 Å². The monoisotopic (exact) mass is 193 g/mol. The summed E-state index contributed by atoms with van der Waals surface area (Å²) < 4.78 is 0. The zero-order chi connectivity index (χ0) is 10.2. The summed E-state index contributed by atoms with van der Waals surface area (Å²) in [6, 6.07) is 8.83. The number of hydrogen-bond donors (Lipinski definition) is 1. The van der Waals surface area contributed by atoms with Crippen LogP contribution >= 0.6 is 0 Å². The molecule has 0 saturated heterocycles. The highest BCUT2D eigenvalue weighted by Crippen LogP contribution is 2.08. The van der Waals surface area contributed by atoms with Crippen molar-refractivity contribution in [3.05, 3.63) is 35.4 Å². The van der Waals surface area contributed by atoms with E-state index in [9.17, 15) is 0 Å². The predicted molar refractivity (Wildman–Crippen MR) is 58.9 cm³/mol. The number of aryl methyl sites for hydroxylation is 2. The second-order valence-corrected chi connectivity index (χ2v) is 3.50. The van der Waals surface area contributed by atoms with Crippen molar-refractivity contribution in [1.82, 2.24) is 0 Å². The molecule has 1 aromatic rings. The van der Waals surface area contributed by atoms with E-state index >= 15 is 0 Å². The number of nitrogens with two attached hydrogens (primary N) is 1. The molecule has 2 N–H and O–H groups in total. The molecule has 0 aromatic heterocycles. The molecule has 0 aliphatic heterocycles. The maximum atomic E-state index is 4.95. The molecular formula is C12H19NO. The van der Waals surface area contributed by atoms with Gasteiger partial charge in [0.05, 0.1) is 6.61 Å². The highest BCUT2D eigenvalue weighted by atomic mass is 16.6. The van der Waals surface area contributed by atoms with Crippen LogP contribution in [-0.4, -0.2) is 6.61 Å². The van der Waals surface area contributed by atoms with Gasteiger partial charge in [-0.15, -0.1) is 0 Å². The van der Waals surface area contributed by atoms with E-state index in [0.29, 0.717) is 6.61 Å². The summed E-state index contributed by atoms with van der Waals surface area (Å²) in [4.78, 5) is 4.52. The second kappa shape index (κ2) is 6.57. The van der Waals surface area contributed by atoms with E-state index in [-0.39, 0.29) is 0 Å². The lowest BCUT2D eigenvalue weighted by atomic mass is 10.1. The molecule has 0 unspecified atom stereocenters.